The summed E-state index contributed by atoms with van der Waals surface area (Å²) in [4.78, 5) is 19.4. The standard InChI is InChI=1S/C17H22N4O2S/c1-3-10-24-14-7-5-4-6-13(14)18-17(22)21(2)11-15-19-16(20-23-15)12-8-9-12/h4-7,12H,3,8-11H2,1-2H3,(H,18,22). The molecule has 1 fully saturated rings. The predicted molar refractivity (Wildman–Crippen MR) is 94.2 cm³/mol. The second-order valence-corrected chi connectivity index (χ2v) is 7.09. The van der Waals surface area contributed by atoms with Crippen LogP contribution in [0.4, 0.5) is 10.5 Å². The number of urea groups is 1. The van der Waals surface area contributed by atoms with Crippen molar-refractivity contribution < 1.29 is 9.32 Å². The molecular formula is C17H22N4O2S. The van der Waals surface area contributed by atoms with Crippen molar-refractivity contribution in [1.29, 1.82) is 0 Å². The molecule has 0 saturated heterocycles. The van der Waals surface area contributed by atoms with Crippen LogP contribution in [0.1, 0.15) is 43.8 Å². The molecule has 1 aliphatic rings. The Labute approximate surface area is 146 Å². The van der Waals surface area contributed by atoms with Gasteiger partial charge in [-0.3, -0.25) is 0 Å². The molecule has 2 aromatic rings. The quantitative estimate of drug-likeness (QED) is 0.764. The zero-order valence-electron chi connectivity index (χ0n) is 14.0. The molecule has 7 heteroatoms. The van der Waals surface area contributed by atoms with Gasteiger partial charge in [0.05, 0.1) is 5.69 Å². The minimum absolute atomic E-state index is 0.189. The molecule has 0 aliphatic heterocycles. The fourth-order valence-corrected chi connectivity index (χ4v) is 3.11. The topological polar surface area (TPSA) is 71.3 Å². The Morgan fingerprint density at radius 3 is 2.96 bits per heavy atom. The third-order valence-corrected chi connectivity index (χ3v) is 5.02. The van der Waals surface area contributed by atoms with Crippen LogP contribution in [0, 0.1) is 0 Å². The zero-order chi connectivity index (χ0) is 16.9. The SMILES string of the molecule is CCCSc1ccccc1NC(=O)N(C)Cc1nc(C2CC2)no1. The maximum atomic E-state index is 12.4. The number of carbonyl (C=O) groups is 1. The average molecular weight is 346 g/mol. The van der Waals surface area contributed by atoms with Gasteiger partial charge in [0.2, 0.25) is 5.89 Å². The van der Waals surface area contributed by atoms with Crippen LogP contribution in [0.5, 0.6) is 0 Å². The van der Waals surface area contributed by atoms with Crippen LogP contribution in [-0.4, -0.2) is 33.9 Å². The molecule has 0 atom stereocenters. The first-order valence-electron chi connectivity index (χ1n) is 8.23. The highest BCUT2D eigenvalue weighted by molar-refractivity contribution is 7.99. The number of amides is 2. The summed E-state index contributed by atoms with van der Waals surface area (Å²) in [5, 5.41) is 6.93. The predicted octanol–water partition coefficient (Wildman–Crippen LogP) is 4.11. The Hall–Kier alpha value is -2.02. The Morgan fingerprint density at radius 1 is 1.42 bits per heavy atom. The van der Waals surface area contributed by atoms with Crippen molar-refractivity contribution in [2.24, 2.45) is 0 Å². The number of nitrogens with one attached hydrogen (secondary N) is 1. The first kappa shape index (κ1) is 16.8. The van der Waals surface area contributed by atoms with E-state index in [9.17, 15) is 4.79 Å². The number of thioether (sulfide) groups is 1. The molecule has 1 heterocycles. The molecular weight excluding hydrogens is 324 g/mol. The Balaban J connectivity index is 1.59. The van der Waals surface area contributed by atoms with Gasteiger partial charge in [0.15, 0.2) is 5.82 Å². The Morgan fingerprint density at radius 2 is 2.21 bits per heavy atom. The van der Waals surface area contributed by atoms with Gasteiger partial charge in [0, 0.05) is 17.9 Å². The number of carbonyl (C=O) groups excluding carboxylic acids is 1. The number of hydrogen-bond donors (Lipinski definition) is 1. The Bertz CT molecular complexity index is 699. The largest absolute Gasteiger partial charge is 0.337 e. The fraction of sp³-hybridized carbons (Fsp3) is 0.471. The van der Waals surface area contributed by atoms with E-state index in [4.69, 9.17) is 4.52 Å². The summed E-state index contributed by atoms with van der Waals surface area (Å²) in [6.07, 6.45) is 3.34. The normalized spacial score (nSPS) is 13.8. The van der Waals surface area contributed by atoms with Gasteiger partial charge in [-0.2, -0.15) is 4.98 Å². The van der Waals surface area contributed by atoms with Crippen LogP contribution >= 0.6 is 11.8 Å². The van der Waals surface area contributed by atoms with Crippen molar-refractivity contribution in [2.75, 3.05) is 18.1 Å². The molecule has 0 unspecified atom stereocenters. The van der Waals surface area contributed by atoms with Crippen LogP contribution in [0.3, 0.4) is 0 Å². The van der Waals surface area contributed by atoms with E-state index < -0.39 is 0 Å². The van der Waals surface area contributed by atoms with E-state index in [2.05, 4.69) is 22.4 Å². The van der Waals surface area contributed by atoms with Crippen LogP contribution < -0.4 is 5.32 Å². The lowest BCUT2D eigenvalue weighted by molar-refractivity contribution is 0.213. The van der Waals surface area contributed by atoms with Gasteiger partial charge in [-0.25, -0.2) is 4.79 Å². The first-order valence-corrected chi connectivity index (χ1v) is 9.22. The second-order valence-electron chi connectivity index (χ2n) is 5.95. The van der Waals surface area contributed by atoms with Crippen molar-refractivity contribution >= 4 is 23.5 Å². The van der Waals surface area contributed by atoms with Crippen LogP contribution in [0.25, 0.3) is 0 Å². The number of hydrogen-bond acceptors (Lipinski definition) is 5. The number of nitrogens with zero attached hydrogens (tertiary/aromatic N) is 3. The summed E-state index contributed by atoms with van der Waals surface area (Å²) in [6.45, 7) is 2.44. The molecule has 1 saturated carbocycles. The van der Waals surface area contributed by atoms with Crippen molar-refractivity contribution in [3.8, 4) is 0 Å². The van der Waals surface area contributed by atoms with Crippen LogP contribution in [0.2, 0.25) is 0 Å². The van der Waals surface area contributed by atoms with E-state index in [1.807, 2.05) is 24.3 Å². The molecule has 0 spiro atoms. The molecule has 6 nitrogen and oxygen atoms in total. The average Bonchev–Trinajstić information content (AvgIpc) is 3.34. The van der Waals surface area contributed by atoms with Gasteiger partial charge >= 0.3 is 6.03 Å². The van der Waals surface area contributed by atoms with E-state index in [1.165, 1.54) is 0 Å². The maximum Gasteiger partial charge on any atom is 0.322 e. The summed E-state index contributed by atoms with van der Waals surface area (Å²) in [5.74, 6) is 2.71. The summed E-state index contributed by atoms with van der Waals surface area (Å²) < 4.78 is 5.23. The summed E-state index contributed by atoms with van der Waals surface area (Å²) in [5.41, 5.74) is 0.831. The fourth-order valence-electron chi connectivity index (χ4n) is 2.23. The highest BCUT2D eigenvalue weighted by atomic mass is 32.2. The summed E-state index contributed by atoms with van der Waals surface area (Å²) in [7, 11) is 1.72. The van der Waals surface area contributed by atoms with E-state index in [1.54, 1.807) is 23.7 Å². The van der Waals surface area contributed by atoms with Crippen molar-refractivity contribution in [2.45, 2.75) is 43.5 Å². The lowest BCUT2D eigenvalue weighted by Crippen LogP contribution is -2.31. The first-order chi connectivity index (χ1) is 11.7. The lowest BCUT2D eigenvalue weighted by Gasteiger charge is -2.17. The highest BCUT2D eigenvalue weighted by Crippen LogP contribution is 2.38. The number of aromatic nitrogens is 2. The molecule has 1 aromatic carbocycles. The molecule has 0 bridgehead atoms. The summed E-state index contributed by atoms with van der Waals surface area (Å²) in [6, 6.07) is 7.66. The maximum absolute atomic E-state index is 12.4. The van der Waals surface area contributed by atoms with E-state index in [-0.39, 0.29) is 6.03 Å². The van der Waals surface area contributed by atoms with Crippen molar-refractivity contribution in [3.63, 3.8) is 0 Å². The third kappa shape index (κ3) is 4.29. The Kier molecular flexibility index (Phi) is 5.40. The monoisotopic (exact) mass is 346 g/mol. The van der Waals surface area contributed by atoms with Gasteiger partial charge in [-0.1, -0.05) is 24.2 Å². The minimum atomic E-state index is -0.189. The molecule has 2 amide bonds. The summed E-state index contributed by atoms with van der Waals surface area (Å²) >= 11 is 1.74. The third-order valence-electron chi connectivity index (χ3n) is 3.74. The number of para-hydroxylation sites is 1. The molecule has 1 N–H and O–H groups in total. The molecule has 128 valence electrons. The second kappa shape index (κ2) is 7.70. The zero-order valence-corrected chi connectivity index (χ0v) is 14.8. The number of anilines is 1. The van der Waals surface area contributed by atoms with Gasteiger partial charge in [-0.15, -0.1) is 11.8 Å². The van der Waals surface area contributed by atoms with E-state index in [0.717, 1.165) is 41.4 Å². The van der Waals surface area contributed by atoms with Crippen LogP contribution in [0.15, 0.2) is 33.7 Å². The molecule has 1 aliphatic carbocycles. The van der Waals surface area contributed by atoms with Gasteiger partial charge in [0.25, 0.3) is 0 Å². The number of rotatable bonds is 7. The lowest BCUT2D eigenvalue weighted by atomic mass is 10.3. The van der Waals surface area contributed by atoms with Gasteiger partial charge in [-0.05, 0) is 37.1 Å². The van der Waals surface area contributed by atoms with E-state index in [0.29, 0.717) is 18.4 Å². The van der Waals surface area contributed by atoms with Gasteiger partial charge in [0.1, 0.15) is 6.54 Å². The van der Waals surface area contributed by atoms with Gasteiger partial charge < -0.3 is 14.7 Å². The van der Waals surface area contributed by atoms with Crippen molar-refractivity contribution in [3.05, 3.63) is 36.0 Å². The minimum Gasteiger partial charge on any atom is -0.337 e. The molecule has 24 heavy (non-hydrogen) atoms. The smallest absolute Gasteiger partial charge is 0.322 e. The van der Waals surface area contributed by atoms with Crippen molar-refractivity contribution in [1.82, 2.24) is 15.0 Å². The van der Waals surface area contributed by atoms with E-state index >= 15 is 0 Å². The molecule has 0 radical (unpaired) electrons. The molecule has 1 aromatic heterocycles. The van der Waals surface area contributed by atoms with Crippen LogP contribution in [-0.2, 0) is 6.54 Å². The molecule has 3 rings (SSSR count). The highest BCUT2D eigenvalue weighted by Gasteiger charge is 2.29. The number of benzene rings is 1.